The minimum atomic E-state index is -0.321. The van der Waals surface area contributed by atoms with Crippen molar-refractivity contribution in [1.29, 1.82) is 0 Å². The van der Waals surface area contributed by atoms with Crippen molar-refractivity contribution in [2.24, 2.45) is 0 Å². The minimum absolute atomic E-state index is 0.166. The van der Waals surface area contributed by atoms with Gasteiger partial charge in [0.05, 0.1) is 21.2 Å². The molecule has 284 valence electrons. The summed E-state index contributed by atoms with van der Waals surface area (Å²) in [5.74, 6) is 1.61. The number of nitrogens with two attached hydrogens (primary N) is 1. The molecule has 2 aromatic heterocycles. The first kappa shape index (κ1) is 41.7. The number of aldehydes is 2. The second-order valence-corrected chi connectivity index (χ2v) is 12.1. The van der Waals surface area contributed by atoms with Crippen LogP contribution in [-0.4, -0.2) is 46.6 Å². The van der Waals surface area contributed by atoms with Crippen molar-refractivity contribution in [3.63, 3.8) is 0 Å². The Hall–Kier alpha value is -6.09. The van der Waals surface area contributed by atoms with E-state index in [1.807, 2.05) is 0 Å². The Labute approximate surface area is 330 Å². The molecule has 0 amide bonds. The average Bonchev–Trinajstić information content (AvgIpc) is 3.17. The largest absolute Gasteiger partial charge is 0.487 e. The number of carbonyl (C=O) groups is 2. The Morgan fingerprint density at radius 1 is 0.655 bits per heavy atom. The summed E-state index contributed by atoms with van der Waals surface area (Å²) in [7, 11) is 3.33. The van der Waals surface area contributed by atoms with Crippen LogP contribution in [-0.2, 0) is 13.2 Å². The van der Waals surface area contributed by atoms with Crippen molar-refractivity contribution in [1.82, 2.24) is 19.9 Å². The van der Waals surface area contributed by atoms with Gasteiger partial charge in [-0.05, 0) is 71.8 Å². The molecule has 0 aliphatic heterocycles. The zero-order chi connectivity index (χ0) is 39.7. The van der Waals surface area contributed by atoms with Gasteiger partial charge in [0, 0.05) is 25.5 Å². The third-order valence-electron chi connectivity index (χ3n) is 7.15. The van der Waals surface area contributed by atoms with Crippen molar-refractivity contribution in [2.75, 3.05) is 35.8 Å². The number of nitrogen functional groups attached to an aromatic ring is 1. The Balaban J connectivity index is 0.000000204. The zero-order valence-corrected chi connectivity index (χ0v) is 31.5. The minimum Gasteiger partial charge on any atom is -0.487 e. The van der Waals surface area contributed by atoms with Gasteiger partial charge in [0.25, 0.3) is 0 Å². The highest BCUT2D eigenvalue weighted by Crippen LogP contribution is 2.31. The van der Waals surface area contributed by atoms with E-state index in [1.54, 1.807) is 74.8 Å². The van der Waals surface area contributed by atoms with Crippen LogP contribution in [0.5, 0.6) is 11.5 Å². The van der Waals surface area contributed by atoms with E-state index >= 15 is 0 Å². The van der Waals surface area contributed by atoms with Crippen molar-refractivity contribution in [2.45, 2.75) is 13.2 Å². The van der Waals surface area contributed by atoms with Gasteiger partial charge in [-0.2, -0.15) is 0 Å². The zero-order valence-electron chi connectivity index (χ0n) is 29.2. The number of nitrogens with one attached hydrogen (secondary N) is 3. The number of aromatic nitrogens is 4. The molecule has 12 nitrogen and oxygen atoms in total. The van der Waals surface area contributed by atoms with E-state index in [0.717, 1.165) is 5.56 Å². The average molecular weight is 810 g/mol. The molecule has 6 rings (SSSR count). The maximum atomic E-state index is 13.2. The maximum Gasteiger partial charge on any atom is 0.157 e. The molecule has 0 atom stereocenters. The molecule has 6 aromatic rings. The highest BCUT2D eigenvalue weighted by atomic mass is 35.5. The summed E-state index contributed by atoms with van der Waals surface area (Å²) in [5, 5.41) is 9.57. The standard InChI is InChI=1S/C19H16ClFN4O2.C13H11ClFNO.C6H6ClN3O/c1-22-18-15(9-26)19(24-11-23-18)25-14-5-6-17(16(20)8-14)27-10-12-3-2-4-13(21)7-12;14-12-7-11(16)4-5-13(12)17-8-9-2-1-3-10(15)6-9;1-8-6-4(2-11)5(7)9-3-10-6/h2-9,11H,10H2,1H3,(H2,22,23,24,25);1-7H,8,16H2;2-3H,1H3,(H,8,9,10). The molecule has 0 aliphatic rings. The second-order valence-electron chi connectivity index (χ2n) is 10.9. The molecular weight excluding hydrogens is 777 g/mol. The molecule has 0 unspecified atom stereocenters. The first-order valence-corrected chi connectivity index (χ1v) is 17.2. The fraction of sp³-hybridized carbons (Fsp3) is 0.105. The van der Waals surface area contributed by atoms with Gasteiger partial charge in [-0.1, -0.05) is 59.1 Å². The quantitative estimate of drug-likeness (QED) is 0.0527. The van der Waals surface area contributed by atoms with Crippen LogP contribution < -0.4 is 31.2 Å². The van der Waals surface area contributed by atoms with Gasteiger partial charge in [-0.25, -0.2) is 28.7 Å². The number of rotatable bonds is 12. The third-order valence-corrected chi connectivity index (χ3v) is 8.04. The Kier molecular flexibility index (Phi) is 15.9. The van der Waals surface area contributed by atoms with Gasteiger partial charge in [-0.15, -0.1) is 0 Å². The van der Waals surface area contributed by atoms with Gasteiger partial charge in [0.2, 0.25) is 0 Å². The third kappa shape index (κ3) is 12.5. The normalized spacial score (nSPS) is 10.1. The lowest BCUT2D eigenvalue weighted by Crippen LogP contribution is -2.05. The fourth-order valence-corrected chi connectivity index (χ4v) is 5.18. The molecule has 0 fully saturated rings. The molecule has 0 spiro atoms. The first-order valence-electron chi connectivity index (χ1n) is 16.0. The highest BCUT2D eigenvalue weighted by molar-refractivity contribution is 6.33. The van der Waals surface area contributed by atoms with E-state index in [-0.39, 0.29) is 35.6 Å². The summed E-state index contributed by atoms with van der Waals surface area (Å²) in [6, 6.07) is 22.5. The number of hydrogen-bond donors (Lipinski definition) is 4. The van der Waals surface area contributed by atoms with Gasteiger partial charge in [0.1, 0.15) is 71.6 Å². The lowest BCUT2D eigenvalue weighted by Gasteiger charge is -2.12. The van der Waals surface area contributed by atoms with E-state index < -0.39 is 0 Å². The predicted octanol–water partition coefficient (Wildman–Crippen LogP) is 9.07. The molecule has 0 radical (unpaired) electrons. The van der Waals surface area contributed by atoms with Crippen molar-refractivity contribution >= 4 is 76.2 Å². The Morgan fingerprint density at radius 2 is 1.16 bits per heavy atom. The van der Waals surface area contributed by atoms with E-state index in [4.69, 9.17) is 50.0 Å². The summed E-state index contributed by atoms with van der Waals surface area (Å²) < 4.78 is 37.3. The summed E-state index contributed by atoms with van der Waals surface area (Å²) >= 11 is 17.8. The maximum absolute atomic E-state index is 13.2. The van der Waals surface area contributed by atoms with Crippen LogP contribution in [0.4, 0.5) is 37.6 Å². The summed E-state index contributed by atoms with van der Waals surface area (Å²) in [6.45, 7) is 0.457. The van der Waals surface area contributed by atoms with E-state index in [2.05, 4.69) is 35.9 Å². The summed E-state index contributed by atoms with van der Waals surface area (Å²) in [5.41, 5.74) is 8.81. The molecule has 5 N–H and O–H groups in total. The monoisotopic (exact) mass is 808 g/mol. The van der Waals surface area contributed by atoms with Crippen molar-refractivity contribution in [3.05, 3.63) is 147 Å². The number of anilines is 5. The fourth-order valence-electron chi connectivity index (χ4n) is 4.53. The number of halogens is 5. The van der Waals surface area contributed by atoms with Crippen LogP contribution >= 0.6 is 34.8 Å². The van der Waals surface area contributed by atoms with Crippen LogP contribution in [0.25, 0.3) is 0 Å². The van der Waals surface area contributed by atoms with Crippen LogP contribution in [0, 0.1) is 11.6 Å². The van der Waals surface area contributed by atoms with Crippen LogP contribution in [0.2, 0.25) is 15.2 Å². The number of ether oxygens (including phenoxy) is 2. The van der Waals surface area contributed by atoms with Crippen molar-refractivity contribution < 1.29 is 27.8 Å². The van der Waals surface area contributed by atoms with Gasteiger partial charge >= 0.3 is 0 Å². The molecule has 0 bridgehead atoms. The lowest BCUT2D eigenvalue weighted by molar-refractivity contribution is 0.111. The summed E-state index contributed by atoms with van der Waals surface area (Å²) in [4.78, 5) is 37.2. The van der Waals surface area contributed by atoms with Gasteiger partial charge in [0.15, 0.2) is 12.6 Å². The van der Waals surface area contributed by atoms with Crippen LogP contribution in [0.15, 0.2) is 97.6 Å². The van der Waals surface area contributed by atoms with E-state index in [1.165, 1.54) is 36.9 Å². The molecule has 55 heavy (non-hydrogen) atoms. The number of carbonyl (C=O) groups excluding carboxylic acids is 2. The van der Waals surface area contributed by atoms with E-state index in [0.29, 0.717) is 74.1 Å². The van der Waals surface area contributed by atoms with Gasteiger partial charge in [-0.3, -0.25) is 9.59 Å². The lowest BCUT2D eigenvalue weighted by atomic mass is 10.2. The Morgan fingerprint density at radius 3 is 1.65 bits per heavy atom. The molecule has 17 heteroatoms. The second kappa shape index (κ2) is 21.0. The van der Waals surface area contributed by atoms with Crippen molar-refractivity contribution in [3.8, 4) is 11.5 Å². The summed E-state index contributed by atoms with van der Waals surface area (Å²) in [6.07, 6.45) is 3.93. The number of hydrogen-bond acceptors (Lipinski definition) is 12. The molecule has 0 saturated heterocycles. The van der Waals surface area contributed by atoms with Gasteiger partial charge < -0.3 is 31.2 Å². The van der Waals surface area contributed by atoms with Crippen LogP contribution in [0.3, 0.4) is 0 Å². The first-order chi connectivity index (χ1) is 26.5. The van der Waals surface area contributed by atoms with E-state index in [9.17, 15) is 18.4 Å². The SMILES string of the molecule is CNc1ncnc(Cl)c1C=O.CNc1ncnc(Nc2ccc(OCc3cccc(F)c3)c(Cl)c2)c1C=O.Nc1ccc(OCc2cccc(F)c2)c(Cl)c1. The molecule has 0 aliphatic carbocycles. The highest BCUT2D eigenvalue weighted by Gasteiger charge is 2.12. The molecular formula is C38H33Cl3F2N8O4. The topological polar surface area (TPSA) is 166 Å². The molecule has 0 saturated carbocycles. The smallest absolute Gasteiger partial charge is 0.157 e. The Bertz CT molecular complexity index is 2240. The molecule has 4 aromatic carbocycles. The predicted molar refractivity (Wildman–Crippen MR) is 211 cm³/mol. The molecule has 2 heterocycles. The number of benzene rings is 4. The van der Waals surface area contributed by atoms with Crippen LogP contribution in [0.1, 0.15) is 31.8 Å². The number of nitrogens with zero attached hydrogens (tertiary/aromatic N) is 4.